The number of piperidine rings is 1. The second-order valence-electron chi connectivity index (χ2n) is 8.41. The van der Waals surface area contributed by atoms with Crippen LogP contribution in [-0.2, 0) is 13.0 Å². The molecule has 0 aromatic carbocycles. The van der Waals surface area contributed by atoms with Gasteiger partial charge in [0.15, 0.2) is 11.4 Å². The molecule has 1 aliphatic heterocycles. The van der Waals surface area contributed by atoms with Gasteiger partial charge in [-0.05, 0) is 45.2 Å². The topological polar surface area (TPSA) is 93.1 Å². The zero-order valence-electron chi connectivity index (χ0n) is 18.2. The van der Waals surface area contributed by atoms with Gasteiger partial charge in [-0.2, -0.15) is 10.1 Å². The van der Waals surface area contributed by atoms with Crippen molar-refractivity contribution in [3.8, 4) is 0 Å². The molecule has 162 valence electrons. The number of hydrogen-bond donors (Lipinski definition) is 1. The van der Waals surface area contributed by atoms with Gasteiger partial charge in [0.05, 0.1) is 12.6 Å². The molecule has 1 saturated heterocycles. The molecule has 1 fully saturated rings. The average Bonchev–Trinajstić information content (AvgIpc) is 3.31. The van der Waals surface area contributed by atoms with Crippen LogP contribution in [0.5, 0.6) is 0 Å². The van der Waals surface area contributed by atoms with Gasteiger partial charge in [0.25, 0.3) is 6.01 Å². The zero-order valence-corrected chi connectivity index (χ0v) is 18.2. The molecule has 1 N–H and O–H groups in total. The number of hydrogen-bond acceptors (Lipinski definition) is 7. The lowest BCUT2D eigenvalue weighted by atomic mass is 9.96. The third kappa shape index (κ3) is 4.64. The van der Waals surface area contributed by atoms with Crippen LogP contribution in [0.25, 0.3) is 11.2 Å². The van der Waals surface area contributed by atoms with Crippen LogP contribution in [0.15, 0.2) is 16.5 Å². The number of unbranched alkanes of at least 4 members (excludes halogenated alkanes) is 2. The number of aromatic nitrogens is 5. The number of oxazole rings is 1. The fourth-order valence-electron chi connectivity index (χ4n) is 4.09. The van der Waals surface area contributed by atoms with E-state index in [4.69, 9.17) is 14.5 Å². The van der Waals surface area contributed by atoms with E-state index in [1.807, 2.05) is 23.7 Å². The van der Waals surface area contributed by atoms with Crippen LogP contribution in [0.3, 0.4) is 0 Å². The van der Waals surface area contributed by atoms with Crippen LogP contribution in [0.1, 0.15) is 69.2 Å². The van der Waals surface area contributed by atoms with Gasteiger partial charge in [0.2, 0.25) is 5.65 Å². The minimum absolute atomic E-state index is 0.331. The molecule has 4 heterocycles. The maximum atomic E-state index is 9.91. The summed E-state index contributed by atoms with van der Waals surface area (Å²) in [5, 5.41) is 14.6. The van der Waals surface area contributed by atoms with E-state index in [9.17, 15) is 5.11 Å². The number of anilines is 1. The Labute approximate surface area is 177 Å². The van der Waals surface area contributed by atoms with Crippen molar-refractivity contribution < 1.29 is 9.52 Å². The van der Waals surface area contributed by atoms with Gasteiger partial charge in [0, 0.05) is 31.1 Å². The second-order valence-corrected chi connectivity index (χ2v) is 8.41. The predicted molar refractivity (Wildman–Crippen MR) is 116 cm³/mol. The Kier molecular flexibility index (Phi) is 6.32. The molecule has 30 heavy (non-hydrogen) atoms. The Bertz CT molecular complexity index is 971. The summed E-state index contributed by atoms with van der Waals surface area (Å²) < 4.78 is 7.85. The van der Waals surface area contributed by atoms with Crippen molar-refractivity contribution in [1.29, 1.82) is 0 Å². The van der Waals surface area contributed by atoms with Gasteiger partial charge >= 0.3 is 0 Å². The Morgan fingerprint density at radius 2 is 1.97 bits per heavy atom. The van der Waals surface area contributed by atoms with E-state index in [2.05, 4.69) is 21.8 Å². The molecule has 1 aliphatic rings. The van der Waals surface area contributed by atoms with Gasteiger partial charge in [0.1, 0.15) is 5.82 Å². The normalized spacial score (nSPS) is 16.5. The van der Waals surface area contributed by atoms with E-state index >= 15 is 0 Å². The average molecular weight is 413 g/mol. The van der Waals surface area contributed by atoms with E-state index in [-0.39, 0.29) is 0 Å². The zero-order chi connectivity index (χ0) is 21.1. The summed E-state index contributed by atoms with van der Waals surface area (Å²) in [4.78, 5) is 16.1. The highest BCUT2D eigenvalue weighted by Crippen LogP contribution is 2.31. The first kappa shape index (κ1) is 20.8. The Balaban J connectivity index is 1.45. The quantitative estimate of drug-likeness (QED) is 0.565. The summed E-state index contributed by atoms with van der Waals surface area (Å²) in [6.07, 6.45) is 5.86. The van der Waals surface area contributed by atoms with Gasteiger partial charge in [-0.1, -0.05) is 19.8 Å². The van der Waals surface area contributed by atoms with Crippen LogP contribution in [0.2, 0.25) is 0 Å². The first-order valence-electron chi connectivity index (χ1n) is 11.1. The number of aryl methyl sites for hydroxylation is 2. The molecule has 0 amide bonds. The molecule has 0 radical (unpaired) electrons. The minimum Gasteiger partial charge on any atom is -0.422 e. The summed E-state index contributed by atoms with van der Waals surface area (Å²) >= 11 is 0. The maximum Gasteiger partial charge on any atom is 0.299 e. The van der Waals surface area contributed by atoms with Gasteiger partial charge < -0.3 is 14.4 Å². The molecule has 1 unspecified atom stereocenters. The molecule has 0 aliphatic carbocycles. The maximum absolute atomic E-state index is 9.91. The van der Waals surface area contributed by atoms with Crippen LogP contribution < -0.4 is 4.90 Å². The van der Waals surface area contributed by atoms with Crippen molar-refractivity contribution in [2.75, 3.05) is 18.0 Å². The molecule has 8 nitrogen and oxygen atoms in total. The van der Waals surface area contributed by atoms with E-state index in [1.165, 1.54) is 12.8 Å². The van der Waals surface area contributed by atoms with E-state index < -0.39 is 6.10 Å². The molecule has 0 saturated carbocycles. The number of pyridine rings is 1. The van der Waals surface area contributed by atoms with Gasteiger partial charge in [-0.3, -0.25) is 0 Å². The molecule has 8 heteroatoms. The van der Waals surface area contributed by atoms with Gasteiger partial charge in [-0.25, -0.2) is 14.6 Å². The molecular weight excluding hydrogens is 380 g/mol. The summed E-state index contributed by atoms with van der Waals surface area (Å²) in [5.41, 5.74) is 2.33. The molecule has 3 aromatic rings. The van der Waals surface area contributed by atoms with Crippen LogP contribution in [-0.4, -0.2) is 49.0 Å². The SMILES string of the molecule is CCCCCc1nc(C2CCN(c3nc4nc(C)ccc4o3)CC2)n(CC(C)O)n1. The van der Waals surface area contributed by atoms with Crippen molar-refractivity contribution in [1.82, 2.24) is 24.7 Å². The number of nitrogens with zero attached hydrogens (tertiary/aromatic N) is 6. The van der Waals surface area contributed by atoms with Crippen LogP contribution >= 0.6 is 0 Å². The number of fused-ring (bicyclic) bond motifs is 1. The standard InChI is InChI=1S/C22H32N6O2/c1-4-5-6-7-19-24-21(28(26-19)14-16(3)29)17-10-12-27(13-11-17)22-25-20-18(30-22)9-8-15(2)23-20/h8-9,16-17,29H,4-7,10-14H2,1-3H3. The van der Waals surface area contributed by atoms with Crippen molar-refractivity contribution >= 4 is 17.2 Å². The number of rotatable bonds is 8. The fourth-order valence-corrected chi connectivity index (χ4v) is 4.09. The van der Waals surface area contributed by atoms with Gasteiger partial charge in [-0.15, -0.1) is 0 Å². The Hall–Kier alpha value is -2.48. The second kappa shape index (κ2) is 9.12. The summed E-state index contributed by atoms with van der Waals surface area (Å²) in [6.45, 7) is 8.15. The van der Waals surface area contributed by atoms with Crippen LogP contribution in [0.4, 0.5) is 6.01 Å². The molecule has 1 atom stereocenters. The molecular formula is C22H32N6O2. The molecule has 0 bridgehead atoms. The first-order chi connectivity index (χ1) is 14.5. The molecule has 4 rings (SSSR count). The predicted octanol–water partition coefficient (Wildman–Crippen LogP) is 3.62. The summed E-state index contributed by atoms with van der Waals surface area (Å²) in [6, 6.07) is 4.52. The molecule has 3 aromatic heterocycles. The summed E-state index contributed by atoms with van der Waals surface area (Å²) in [7, 11) is 0. The number of aliphatic hydroxyl groups is 1. The smallest absolute Gasteiger partial charge is 0.299 e. The highest BCUT2D eigenvalue weighted by atomic mass is 16.4. The van der Waals surface area contributed by atoms with E-state index in [1.54, 1.807) is 6.92 Å². The third-order valence-electron chi connectivity index (χ3n) is 5.70. The number of aliphatic hydroxyl groups excluding tert-OH is 1. The van der Waals surface area contributed by atoms with Crippen molar-refractivity contribution in [3.63, 3.8) is 0 Å². The van der Waals surface area contributed by atoms with Crippen molar-refractivity contribution in [3.05, 3.63) is 29.5 Å². The van der Waals surface area contributed by atoms with E-state index in [0.717, 1.165) is 61.7 Å². The highest BCUT2D eigenvalue weighted by Gasteiger charge is 2.28. The fraction of sp³-hybridized carbons (Fsp3) is 0.636. The lowest BCUT2D eigenvalue weighted by molar-refractivity contribution is 0.165. The van der Waals surface area contributed by atoms with E-state index in [0.29, 0.717) is 24.1 Å². The third-order valence-corrected chi connectivity index (χ3v) is 5.70. The lowest BCUT2D eigenvalue weighted by Crippen LogP contribution is -2.34. The largest absolute Gasteiger partial charge is 0.422 e. The molecule has 0 spiro atoms. The lowest BCUT2D eigenvalue weighted by Gasteiger charge is -2.30. The van der Waals surface area contributed by atoms with Crippen molar-refractivity contribution in [2.24, 2.45) is 0 Å². The monoisotopic (exact) mass is 412 g/mol. The Morgan fingerprint density at radius 1 is 1.17 bits per heavy atom. The first-order valence-corrected chi connectivity index (χ1v) is 11.1. The van der Waals surface area contributed by atoms with Crippen LogP contribution in [0, 0.1) is 6.92 Å². The van der Waals surface area contributed by atoms with Crippen molar-refractivity contribution in [2.45, 2.75) is 77.9 Å². The minimum atomic E-state index is -0.440. The summed E-state index contributed by atoms with van der Waals surface area (Å²) in [5.74, 6) is 2.25. The Morgan fingerprint density at radius 3 is 2.70 bits per heavy atom. The highest BCUT2D eigenvalue weighted by molar-refractivity contribution is 5.70.